The molecule has 0 spiro atoms. The average Bonchev–Trinajstić information content (AvgIpc) is 2.85. The number of rotatable bonds is 6. The van der Waals surface area contributed by atoms with Crippen molar-refractivity contribution >= 4 is 0 Å². The maximum atomic E-state index is 6.02. The SMILES string of the molecule is CCNC(Cc1ccccc1OC)C1CCC(C)O1. The number of methoxy groups -OCH3 is 1. The van der Waals surface area contributed by atoms with Crippen molar-refractivity contribution < 1.29 is 9.47 Å². The second-order valence-electron chi connectivity index (χ2n) is 5.24. The maximum Gasteiger partial charge on any atom is 0.122 e. The Morgan fingerprint density at radius 3 is 2.79 bits per heavy atom. The van der Waals surface area contributed by atoms with Gasteiger partial charge in [0.1, 0.15) is 5.75 Å². The van der Waals surface area contributed by atoms with E-state index in [4.69, 9.17) is 9.47 Å². The summed E-state index contributed by atoms with van der Waals surface area (Å²) in [4.78, 5) is 0. The largest absolute Gasteiger partial charge is 0.496 e. The zero-order valence-corrected chi connectivity index (χ0v) is 12.2. The summed E-state index contributed by atoms with van der Waals surface area (Å²) in [6.45, 7) is 5.27. The van der Waals surface area contributed by atoms with Gasteiger partial charge in [0, 0.05) is 6.04 Å². The lowest BCUT2D eigenvalue weighted by molar-refractivity contribution is 0.0323. The van der Waals surface area contributed by atoms with Gasteiger partial charge >= 0.3 is 0 Å². The van der Waals surface area contributed by atoms with Crippen LogP contribution in [-0.4, -0.2) is 31.9 Å². The van der Waals surface area contributed by atoms with Gasteiger partial charge in [-0.05, 0) is 44.4 Å². The second kappa shape index (κ2) is 6.92. The number of likely N-dealkylation sites (N-methyl/N-ethyl adjacent to an activating group) is 1. The van der Waals surface area contributed by atoms with E-state index in [1.807, 2.05) is 12.1 Å². The summed E-state index contributed by atoms with van der Waals surface area (Å²) < 4.78 is 11.5. The summed E-state index contributed by atoms with van der Waals surface area (Å²) in [6.07, 6.45) is 3.98. The van der Waals surface area contributed by atoms with Crippen LogP contribution >= 0.6 is 0 Å². The summed E-state index contributed by atoms with van der Waals surface area (Å²) in [7, 11) is 1.73. The third-order valence-corrected chi connectivity index (χ3v) is 3.81. The molecule has 1 aliphatic rings. The fraction of sp³-hybridized carbons (Fsp3) is 0.625. The first-order valence-corrected chi connectivity index (χ1v) is 7.25. The van der Waals surface area contributed by atoms with E-state index in [9.17, 15) is 0 Å². The molecule has 1 N–H and O–H groups in total. The summed E-state index contributed by atoms with van der Waals surface area (Å²) >= 11 is 0. The zero-order valence-electron chi connectivity index (χ0n) is 12.2. The lowest BCUT2D eigenvalue weighted by Crippen LogP contribution is -2.41. The van der Waals surface area contributed by atoms with E-state index >= 15 is 0 Å². The molecule has 1 aromatic carbocycles. The van der Waals surface area contributed by atoms with Gasteiger partial charge in [0.25, 0.3) is 0 Å². The van der Waals surface area contributed by atoms with Gasteiger partial charge in [-0.15, -0.1) is 0 Å². The molecule has 1 heterocycles. The maximum absolute atomic E-state index is 6.02. The van der Waals surface area contributed by atoms with E-state index in [-0.39, 0.29) is 0 Å². The number of hydrogen-bond acceptors (Lipinski definition) is 3. The molecule has 0 amide bonds. The van der Waals surface area contributed by atoms with E-state index in [1.165, 1.54) is 12.0 Å². The van der Waals surface area contributed by atoms with Gasteiger partial charge in [-0.25, -0.2) is 0 Å². The predicted molar refractivity (Wildman–Crippen MR) is 77.7 cm³/mol. The van der Waals surface area contributed by atoms with Crippen LogP contribution in [0.15, 0.2) is 24.3 Å². The normalized spacial score (nSPS) is 24.4. The van der Waals surface area contributed by atoms with Gasteiger partial charge in [0.15, 0.2) is 0 Å². The minimum Gasteiger partial charge on any atom is -0.496 e. The topological polar surface area (TPSA) is 30.5 Å². The molecule has 106 valence electrons. The van der Waals surface area contributed by atoms with Crippen molar-refractivity contribution in [1.82, 2.24) is 5.32 Å². The van der Waals surface area contributed by atoms with Crippen molar-refractivity contribution in [1.29, 1.82) is 0 Å². The van der Waals surface area contributed by atoms with Crippen LogP contribution in [0.1, 0.15) is 32.3 Å². The van der Waals surface area contributed by atoms with Crippen molar-refractivity contribution in [3.05, 3.63) is 29.8 Å². The zero-order chi connectivity index (χ0) is 13.7. The molecule has 19 heavy (non-hydrogen) atoms. The van der Waals surface area contributed by atoms with Crippen LogP contribution in [0.5, 0.6) is 5.75 Å². The number of para-hydroxylation sites is 1. The Kier molecular flexibility index (Phi) is 5.23. The fourth-order valence-corrected chi connectivity index (χ4v) is 2.84. The fourth-order valence-electron chi connectivity index (χ4n) is 2.84. The van der Waals surface area contributed by atoms with Gasteiger partial charge in [-0.3, -0.25) is 0 Å². The first kappa shape index (κ1) is 14.4. The van der Waals surface area contributed by atoms with Crippen LogP contribution in [0, 0.1) is 0 Å². The van der Waals surface area contributed by atoms with Gasteiger partial charge in [0.05, 0.1) is 19.3 Å². The van der Waals surface area contributed by atoms with Crippen LogP contribution in [0.3, 0.4) is 0 Å². The van der Waals surface area contributed by atoms with Crippen LogP contribution in [0.25, 0.3) is 0 Å². The molecule has 1 saturated heterocycles. The molecule has 3 heteroatoms. The molecule has 3 atom stereocenters. The smallest absolute Gasteiger partial charge is 0.122 e. The quantitative estimate of drug-likeness (QED) is 0.856. The Morgan fingerprint density at radius 2 is 2.16 bits per heavy atom. The third-order valence-electron chi connectivity index (χ3n) is 3.81. The van der Waals surface area contributed by atoms with E-state index < -0.39 is 0 Å². The summed E-state index contributed by atoms with van der Waals surface area (Å²) in [5.74, 6) is 0.969. The molecule has 0 aliphatic carbocycles. The van der Waals surface area contributed by atoms with Gasteiger partial charge in [-0.1, -0.05) is 25.1 Å². The van der Waals surface area contributed by atoms with Gasteiger partial charge in [-0.2, -0.15) is 0 Å². The lowest BCUT2D eigenvalue weighted by atomic mass is 9.98. The third kappa shape index (κ3) is 3.71. The summed E-state index contributed by atoms with van der Waals surface area (Å²) in [5, 5.41) is 3.56. The van der Waals surface area contributed by atoms with Crippen LogP contribution in [-0.2, 0) is 11.2 Å². The van der Waals surface area contributed by atoms with E-state index in [2.05, 4.69) is 31.3 Å². The van der Waals surface area contributed by atoms with Crippen molar-refractivity contribution in [2.75, 3.05) is 13.7 Å². The Labute approximate surface area is 116 Å². The standard InChI is InChI=1S/C16H25NO2/c1-4-17-14(16-10-9-12(2)19-16)11-13-7-5-6-8-15(13)18-3/h5-8,12,14,16-17H,4,9-11H2,1-3H3. The van der Waals surface area contributed by atoms with Gasteiger partial charge < -0.3 is 14.8 Å². The van der Waals surface area contributed by atoms with E-state index in [1.54, 1.807) is 7.11 Å². The van der Waals surface area contributed by atoms with Crippen LogP contribution in [0.4, 0.5) is 0 Å². The minimum atomic E-state index is 0.319. The number of nitrogens with one attached hydrogen (secondary N) is 1. The summed E-state index contributed by atoms with van der Waals surface area (Å²) in [6, 6.07) is 8.61. The molecule has 3 nitrogen and oxygen atoms in total. The van der Waals surface area contributed by atoms with Crippen LogP contribution < -0.4 is 10.1 Å². The monoisotopic (exact) mass is 263 g/mol. The summed E-state index contributed by atoms with van der Waals surface area (Å²) in [5.41, 5.74) is 1.25. The van der Waals surface area contributed by atoms with E-state index in [0.29, 0.717) is 18.2 Å². The Bertz CT molecular complexity index is 394. The van der Waals surface area contributed by atoms with Gasteiger partial charge in [0.2, 0.25) is 0 Å². The average molecular weight is 263 g/mol. The molecule has 0 aromatic heterocycles. The molecule has 1 aromatic rings. The number of ether oxygens (including phenoxy) is 2. The molecular weight excluding hydrogens is 238 g/mol. The predicted octanol–water partition coefficient (Wildman–Crippen LogP) is 2.78. The lowest BCUT2D eigenvalue weighted by Gasteiger charge is -2.25. The molecule has 1 aliphatic heterocycles. The van der Waals surface area contributed by atoms with E-state index in [0.717, 1.165) is 25.1 Å². The number of hydrogen-bond donors (Lipinski definition) is 1. The Balaban J connectivity index is 2.07. The van der Waals surface area contributed by atoms with Crippen molar-refractivity contribution in [3.8, 4) is 5.75 Å². The Hall–Kier alpha value is -1.06. The molecule has 0 saturated carbocycles. The molecule has 0 bridgehead atoms. The molecule has 1 fully saturated rings. The first-order valence-electron chi connectivity index (χ1n) is 7.25. The highest BCUT2D eigenvalue weighted by molar-refractivity contribution is 5.34. The van der Waals surface area contributed by atoms with Crippen molar-refractivity contribution in [2.45, 2.75) is 51.4 Å². The van der Waals surface area contributed by atoms with Crippen LogP contribution in [0.2, 0.25) is 0 Å². The molecule has 0 radical (unpaired) electrons. The molecule has 2 rings (SSSR count). The van der Waals surface area contributed by atoms with Crippen molar-refractivity contribution in [3.63, 3.8) is 0 Å². The second-order valence-corrected chi connectivity index (χ2v) is 5.24. The molecule has 3 unspecified atom stereocenters. The van der Waals surface area contributed by atoms with Crippen molar-refractivity contribution in [2.24, 2.45) is 0 Å². The minimum absolute atomic E-state index is 0.319. The molecular formula is C16H25NO2. The number of benzene rings is 1. The highest BCUT2D eigenvalue weighted by atomic mass is 16.5. The highest BCUT2D eigenvalue weighted by Gasteiger charge is 2.29. The highest BCUT2D eigenvalue weighted by Crippen LogP contribution is 2.26. The Morgan fingerprint density at radius 1 is 1.37 bits per heavy atom. The first-order chi connectivity index (χ1) is 9.24.